The number of ether oxygens (including phenoxy) is 2. The number of carbonyl (C=O) groups excluding carboxylic acids is 2. The lowest BCUT2D eigenvalue weighted by molar-refractivity contribution is -0.118. The van der Waals surface area contributed by atoms with Crippen molar-refractivity contribution in [1.82, 2.24) is 0 Å². The third-order valence-electron chi connectivity index (χ3n) is 4.75. The molecule has 0 aliphatic rings. The Bertz CT molecular complexity index is 1130. The molecule has 7 nitrogen and oxygen atoms in total. The van der Waals surface area contributed by atoms with Crippen LogP contribution in [0.1, 0.15) is 25.0 Å². The van der Waals surface area contributed by atoms with Gasteiger partial charge in [0, 0.05) is 30.5 Å². The van der Waals surface area contributed by atoms with Crippen molar-refractivity contribution < 1.29 is 19.1 Å². The fraction of sp³-hybridized carbons (Fsp3) is 0.231. The van der Waals surface area contributed by atoms with Gasteiger partial charge in [-0.05, 0) is 67.9 Å². The van der Waals surface area contributed by atoms with Crippen molar-refractivity contribution in [2.75, 3.05) is 29.2 Å². The first-order chi connectivity index (χ1) is 16.3. The van der Waals surface area contributed by atoms with E-state index < -0.39 is 0 Å². The summed E-state index contributed by atoms with van der Waals surface area (Å²) in [5.41, 5.74) is 4.31. The van der Waals surface area contributed by atoms with Gasteiger partial charge in [0.1, 0.15) is 0 Å². The highest BCUT2D eigenvalue weighted by Crippen LogP contribution is 2.37. The Morgan fingerprint density at radius 2 is 1.50 bits per heavy atom. The molecule has 0 radical (unpaired) electrons. The lowest BCUT2D eigenvalue weighted by atomic mass is 10.2. The lowest BCUT2D eigenvalue weighted by Gasteiger charge is -2.16. The van der Waals surface area contributed by atoms with Gasteiger partial charge >= 0.3 is 0 Å². The van der Waals surface area contributed by atoms with Gasteiger partial charge in [-0.3, -0.25) is 9.59 Å². The van der Waals surface area contributed by atoms with Crippen molar-refractivity contribution in [2.24, 2.45) is 0 Å². The minimum Gasteiger partial charge on any atom is -0.490 e. The fourth-order valence-electron chi connectivity index (χ4n) is 3.18. The van der Waals surface area contributed by atoms with E-state index >= 15 is 0 Å². The molecule has 0 spiro atoms. The quantitative estimate of drug-likeness (QED) is 0.349. The maximum atomic E-state index is 12.3. The van der Waals surface area contributed by atoms with E-state index in [1.165, 1.54) is 6.92 Å². The second kappa shape index (κ2) is 12.0. The number of halogens is 1. The number of amides is 2. The first-order valence-electron chi connectivity index (χ1n) is 10.9. The largest absolute Gasteiger partial charge is 0.490 e. The molecular formula is C26H28ClN3O4. The number of aryl methyl sites for hydroxylation is 1. The van der Waals surface area contributed by atoms with Crippen LogP contribution in [0.25, 0.3) is 0 Å². The average Bonchev–Trinajstić information content (AvgIpc) is 2.79. The lowest BCUT2D eigenvalue weighted by Crippen LogP contribution is -2.20. The first kappa shape index (κ1) is 24.9. The molecular weight excluding hydrogens is 454 g/mol. The van der Waals surface area contributed by atoms with Crippen LogP contribution < -0.4 is 25.4 Å². The van der Waals surface area contributed by atoms with Gasteiger partial charge in [-0.1, -0.05) is 29.3 Å². The van der Waals surface area contributed by atoms with Gasteiger partial charge in [-0.25, -0.2) is 0 Å². The second-order valence-corrected chi connectivity index (χ2v) is 8.06. The molecule has 0 heterocycles. The zero-order valence-electron chi connectivity index (χ0n) is 19.4. The number of rotatable bonds is 10. The van der Waals surface area contributed by atoms with Crippen LogP contribution in [0.5, 0.6) is 11.5 Å². The summed E-state index contributed by atoms with van der Waals surface area (Å²) in [4.78, 5) is 23.5. The van der Waals surface area contributed by atoms with E-state index in [-0.39, 0.29) is 18.4 Å². The second-order valence-electron chi connectivity index (χ2n) is 7.65. The van der Waals surface area contributed by atoms with Crippen LogP contribution in [-0.4, -0.2) is 25.0 Å². The molecule has 0 aliphatic carbocycles. The van der Waals surface area contributed by atoms with E-state index in [0.29, 0.717) is 35.4 Å². The molecule has 0 saturated heterocycles. The molecule has 0 unspecified atom stereocenters. The van der Waals surface area contributed by atoms with E-state index in [1.807, 2.05) is 68.4 Å². The fourth-order valence-corrected chi connectivity index (χ4v) is 3.46. The van der Waals surface area contributed by atoms with Gasteiger partial charge in [0.2, 0.25) is 5.91 Å². The summed E-state index contributed by atoms with van der Waals surface area (Å²) in [6.07, 6.45) is 0. The van der Waals surface area contributed by atoms with Crippen molar-refractivity contribution in [3.63, 3.8) is 0 Å². The number of nitrogens with one attached hydrogen (secondary N) is 3. The Morgan fingerprint density at radius 3 is 2.15 bits per heavy atom. The van der Waals surface area contributed by atoms with Crippen LogP contribution in [0.15, 0.2) is 60.7 Å². The summed E-state index contributed by atoms with van der Waals surface area (Å²) in [7, 11) is 0. The number of hydrogen-bond donors (Lipinski definition) is 3. The predicted octanol–water partition coefficient (Wildman–Crippen LogP) is 5.64. The Labute approximate surface area is 204 Å². The standard InChI is InChI=1S/C26H28ClN3O4/c1-4-33-24-14-19(15-28-20-9-11-21(12-10-20)29-18(3)31)13-23(27)26(24)34-16-25(32)30-22-7-5-17(2)6-8-22/h5-14,28H,4,15-16H2,1-3H3,(H,29,31)(H,30,32). The maximum Gasteiger partial charge on any atom is 0.262 e. The molecule has 0 aromatic heterocycles. The molecule has 2 amide bonds. The van der Waals surface area contributed by atoms with E-state index in [0.717, 1.165) is 22.5 Å². The summed E-state index contributed by atoms with van der Waals surface area (Å²) in [5, 5.41) is 9.19. The SMILES string of the molecule is CCOc1cc(CNc2ccc(NC(C)=O)cc2)cc(Cl)c1OCC(=O)Nc1ccc(C)cc1. The Morgan fingerprint density at radius 1 is 0.882 bits per heavy atom. The summed E-state index contributed by atoms with van der Waals surface area (Å²) in [5.74, 6) is 0.381. The molecule has 178 valence electrons. The number of anilines is 3. The zero-order valence-corrected chi connectivity index (χ0v) is 20.2. The van der Waals surface area contributed by atoms with Crippen molar-refractivity contribution in [1.29, 1.82) is 0 Å². The first-order valence-corrected chi connectivity index (χ1v) is 11.3. The van der Waals surface area contributed by atoms with Gasteiger partial charge < -0.3 is 25.4 Å². The van der Waals surface area contributed by atoms with E-state index in [1.54, 1.807) is 6.07 Å². The molecule has 3 N–H and O–H groups in total. The van der Waals surface area contributed by atoms with E-state index in [2.05, 4.69) is 16.0 Å². The Kier molecular flexibility index (Phi) is 8.76. The molecule has 3 aromatic carbocycles. The number of hydrogen-bond acceptors (Lipinski definition) is 5. The summed E-state index contributed by atoms with van der Waals surface area (Å²) in [6, 6.07) is 18.5. The van der Waals surface area contributed by atoms with Crippen LogP contribution in [0, 0.1) is 6.92 Å². The van der Waals surface area contributed by atoms with Crippen LogP contribution in [0.2, 0.25) is 5.02 Å². The Hall–Kier alpha value is -3.71. The minimum absolute atomic E-state index is 0.117. The van der Waals surface area contributed by atoms with Gasteiger partial charge in [-0.2, -0.15) is 0 Å². The summed E-state index contributed by atoms with van der Waals surface area (Å²) < 4.78 is 11.4. The van der Waals surface area contributed by atoms with E-state index in [9.17, 15) is 9.59 Å². The predicted molar refractivity (Wildman–Crippen MR) is 136 cm³/mol. The monoisotopic (exact) mass is 481 g/mol. The normalized spacial score (nSPS) is 10.4. The maximum absolute atomic E-state index is 12.3. The molecule has 0 aliphatic heterocycles. The van der Waals surface area contributed by atoms with Gasteiger partial charge in [-0.15, -0.1) is 0 Å². The van der Waals surface area contributed by atoms with E-state index in [4.69, 9.17) is 21.1 Å². The molecule has 0 fully saturated rings. The number of carbonyl (C=O) groups is 2. The van der Waals surface area contributed by atoms with Gasteiger partial charge in [0.15, 0.2) is 18.1 Å². The summed E-state index contributed by atoms with van der Waals surface area (Å²) >= 11 is 6.48. The number of benzene rings is 3. The molecule has 3 aromatic rings. The van der Waals surface area contributed by atoms with Crippen molar-refractivity contribution >= 4 is 40.5 Å². The third kappa shape index (κ3) is 7.42. The molecule has 0 bridgehead atoms. The third-order valence-corrected chi connectivity index (χ3v) is 5.03. The zero-order chi connectivity index (χ0) is 24.5. The van der Waals surface area contributed by atoms with Crippen LogP contribution >= 0.6 is 11.6 Å². The molecule has 0 atom stereocenters. The highest BCUT2D eigenvalue weighted by Gasteiger charge is 2.15. The molecule has 8 heteroatoms. The minimum atomic E-state index is -0.296. The van der Waals surface area contributed by atoms with Crippen LogP contribution in [0.3, 0.4) is 0 Å². The van der Waals surface area contributed by atoms with Gasteiger partial charge in [0.05, 0.1) is 11.6 Å². The van der Waals surface area contributed by atoms with Crippen LogP contribution in [-0.2, 0) is 16.1 Å². The van der Waals surface area contributed by atoms with Crippen LogP contribution in [0.4, 0.5) is 17.1 Å². The average molecular weight is 482 g/mol. The Balaban J connectivity index is 1.63. The molecule has 34 heavy (non-hydrogen) atoms. The highest BCUT2D eigenvalue weighted by molar-refractivity contribution is 6.32. The molecule has 0 saturated carbocycles. The topological polar surface area (TPSA) is 88.7 Å². The van der Waals surface area contributed by atoms with Gasteiger partial charge in [0.25, 0.3) is 5.91 Å². The van der Waals surface area contributed by atoms with Crippen molar-refractivity contribution in [2.45, 2.75) is 27.3 Å². The highest BCUT2D eigenvalue weighted by atomic mass is 35.5. The smallest absolute Gasteiger partial charge is 0.262 e. The molecule has 3 rings (SSSR count). The summed E-state index contributed by atoms with van der Waals surface area (Å²) in [6.45, 7) is 6.02. The van der Waals surface area contributed by atoms with Crippen molar-refractivity contribution in [3.05, 3.63) is 76.8 Å². The van der Waals surface area contributed by atoms with Crippen molar-refractivity contribution in [3.8, 4) is 11.5 Å².